The van der Waals surface area contributed by atoms with E-state index >= 15 is 0 Å². The van der Waals surface area contributed by atoms with Crippen LogP contribution in [-0.4, -0.2) is 5.88 Å². The zero-order valence-electron chi connectivity index (χ0n) is 2.43. The van der Waals surface area contributed by atoms with Crippen LogP contribution >= 0.6 is 21.9 Å². The van der Waals surface area contributed by atoms with Gasteiger partial charge in [0, 0.05) is 0 Å². The second-order valence-electron chi connectivity index (χ2n) is 0.558. The smallest absolute Gasteiger partial charge is 0.0873 e. The van der Waals surface area contributed by atoms with Crippen LogP contribution in [0.3, 0.4) is 0 Å². The Bertz CT molecular complexity index is 21.2. The van der Waals surface area contributed by atoms with Crippen LogP contribution in [0.4, 0.5) is 0 Å². The van der Waals surface area contributed by atoms with Gasteiger partial charge in [0.25, 0.3) is 0 Å². The van der Waals surface area contributed by atoms with Gasteiger partial charge in [-0.25, -0.2) is 4.28 Å². The molecule has 1 aliphatic rings. The summed E-state index contributed by atoms with van der Waals surface area (Å²) in [5.41, 5.74) is 2.65. The normalized spacial score (nSPS) is 24.0. The van der Waals surface area contributed by atoms with Gasteiger partial charge in [-0.2, -0.15) is 5.48 Å². The van der Waals surface area contributed by atoms with E-state index < -0.39 is 0 Å². The van der Waals surface area contributed by atoms with E-state index in [-0.39, 0.29) is 0 Å². The second kappa shape index (κ2) is 1.92. The van der Waals surface area contributed by atoms with Gasteiger partial charge in [0.15, 0.2) is 0 Å². The van der Waals surface area contributed by atoms with Gasteiger partial charge in [-0.1, -0.05) is 0 Å². The van der Waals surface area contributed by atoms with Gasteiger partial charge in [0.05, 0.1) is 17.0 Å². The highest BCUT2D eigenvalue weighted by Gasteiger charge is 1.96. The summed E-state index contributed by atoms with van der Waals surface area (Å²) in [7, 11) is 1.66. The Morgan fingerprint density at radius 3 is 3.00 bits per heavy atom. The van der Waals surface area contributed by atoms with E-state index in [2.05, 4.69) is 9.76 Å². The Hall–Kier alpha value is 0.620. The first-order valence-corrected chi connectivity index (χ1v) is 3.42. The lowest BCUT2D eigenvalue weighted by atomic mass is 11.5. The van der Waals surface area contributed by atoms with E-state index in [0.717, 1.165) is 5.88 Å². The van der Waals surface area contributed by atoms with Gasteiger partial charge in [-0.15, -0.1) is 0 Å². The third-order valence-corrected chi connectivity index (χ3v) is 1.62. The van der Waals surface area contributed by atoms with Crippen LogP contribution in [0, 0.1) is 0 Å². The van der Waals surface area contributed by atoms with Crippen LogP contribution < -0.4 is 5.48 Å². The maximum Gasteiger partial charge on any atom is 0.0873 e. The standard InChI is InChI=1S/CH3NOS2/c1-2-3-5-4-1/h2H,1H2. The molecule has 0 amide bonds. The van der Waals surface area contributed by atoms with Crippen molar-refractivity contribution in [2.24, 2.45) is 0 Å². The quantitative estimate of drug-likeness (QED) is 0.366. The van der Waals surface area contributed by atoms with Crippen molar-refractivity contribution in [1.29, 1.82) is 0 Å². The molecule has 30 valence electrons. The fraction of sp³-hybridized carbons (Fsp3) is 1.00. The van der Waals surface area contributed by atoms with Gasteiger partial charge in [0.2, 0.25) is 0 Å². The van der Waals surface area contributed by atoms with Crippen molar-refractivity contribution in [1.82, 2.24) is 5.48 Å². The lowest BCUT2D eigenvalue weighted by Gasteiger charge is -1.74. The molecule has 1 N–H and O–H groups in total. The summed E-state index contributed by atoms with van der Waals surface area (Å²) >= 11 is 1.38. The molecule has 0 spiro atoms. The van der Waals surface area contributed by atoms with Crippen molar-refractivity contribution in [3.63, 3.8) is 0 Å². The monoisotopic (exact) mass is 109 g/mol. The molecular formula is CH3NOS2. The molecule has 0 saturated carbocycles. The lowest BCUT2D eigenvalue weighted by Crippen LogP contribution is -1.98. The van der Waals surface area contributed by atoms with Gasteiger partial charge < -0.3 is 0 Å². The molecule has 0 radical (unpaired) electrons. The van der Waals surface area contributed by atoms with Crippen LogP contribution in [0.1, 0.15) is 0 Å². The molecule has 0 unspecified atom stereocenters. The molecule has 1 aliphatic heterocycles. The minimum atomic E-state index is 0.907. The highest BCUT2D eigenvalue weighted by atomic mass is 33.1. The average Bonchev–Trinajstić information content (AvgIpc) is 1.76. The predicted octanol–water partition coefficient (Wildman–Crippen LogP) is 0.775. The van der Waals surface area contributed by atoms with Gasteiger partial charge in [0.1, 0.15) is 0 Å². The summed E-state index contributed by atoms with van der Waals surface area (Å²) in [5, 5.41) is 0. The van der Waals surface area contributed by atoms with Crippen molar-refractivity contribution in [2.75, 3.05) is 5.88 Å². The fourth-order valence-electron chi connectivity index (χ4n) is 0.120. The summed E-state index contributed by atoms with van der Waals surface area (Å²) in [4.78, 5) is 0. The maximum absolute atomic E-state index is 4.57. The zero-order valence-corrected chi connectivity index (χ0v) is 4.06. The first kappa shape index (κ1) is 3.80. The minimum absolute atomic E-state index is 0.907. The maximum atomic E-state index is 4.57. The molecule has 1 rings (SSSR count). The van der Waals surface area contributed by atoms with Crippen molar-refractivity contribution < 1.29 is 4.28 Å². The average molecular weight is 109 g/mol. The number of hydrogen-bond acceptors (Lipinski definition) is 4. The number of hydroxylamine groups is 1. The number of nitrogens with one attached hydrogen (secondary N) is 1. The van der Waals surface area contributed by atoms with Crippen molar-refractivity contribution in [2.45, 2.75) is 0 Å². The predicted molar refractivity (Wildman–Crippen MR) is 24.3 cm³/mol. The Kier molecular flexibility index (Phi) is 1.46. The molecule has 1 heterocycles. The van der Waals surface area contributed by atoms with Crippen molar-refractivity contribution in [3.05, 3.63) is 0 Å². The topological polar surface area (TPSA) is 21.3 Å². The Labute approximate surface area is 38.2 Å². The SMILES string of the molecule is C1NOSS1. The van der Waals surface area contributed by atoms with E-state index in [4.69, 9.17) is 0 Å². The van der Waals surface area contributed by atoms with Crippen molar-refractivity contribution >= 4 is 21.9 Å². The Morgan fingerprint density at radius 2 is 2.80 bits per heavy atom. The minimum Gasteiger partial charge on any atom is -0.219 e. The Balaban J connectivity index is 2.08. The van der Waals surface area contributed by atoms with Crippen molar-refractivity contribution in [3.8, 4) is 0 Å². The lowest BCUT2D eigenvalue weighted by molar-refractivity contribution is 0.276. The largest absolute Gasteiger partial charge is 0.219 e. The summed E-state index contributed by atoms with van der Waals surface area (Å²) in [6.45, 7) is 0. The molecule has 0 aromatic rings. The Morgan fingerprint density at radius 1 is 1.80 bits per heavy atom. The molecule has 1 saturated heterocycles. The molecule has 0 aromatic heterocycles. The molecule has 0 aromatic carbocycles. The summed E-state index contributed by atoms with van der Waals surface area (Å²) in [5.74, 6) is 0.907. The zero-order chi connectivity index (χ0) is 3.54. The highest BCUT2D eigenvalue weighted by molar-refractivity contribution is 8.75. The second-order valence-corrected chi connectivity index (χ2v) is 2.50. The third-order valence-electron chi connectivity index (χ3n) is 0.259. The van der Waals surface area contributed by atoms with Gasteiger partial charge in [-0.05, 0) is 10.8 Å². The van der Waals surface area contributed by atoms with Crippen LogP contribution in [-0.2, 0) is 4.28 Å². The van der Waals surface area contributed by atoms with Crippen LogP contribution in [0.15, 0.2) is 0 Å². The van der Waals surface area contributed by atoms with E-state index in [1.54, 1.807) is 10.8 Å². The van der Waals surface area contributed by atoms with E-state index in [9.17, 15) is 0 Å². The van der Waals surface area contributed by atoms with E-state index in [1.807, 2.05) is 0 Å². The molecular weight excluding hydrogens is 106 g/mol. The van der Waals surface area contributed by atoms with Gasteiger partial charge in [-0.3, -0.25) is 0 Å². The third kappa shape index (κ3) is 1.00. The van der Waals surface area contributed by atoms with Crippen LogP contribution in [0.2, 0.25) is 0 Å². The first-order valence-electron chi connectivity index (χ1n) is 1.18. The summed E-state index contributed by atoms with van der Waals surface area (Å²) in [6.07, 6.45) is 0. The molecule has 0 atom stereocenters. The molecule has 0 bridgehead atoms. The highest BCUT2D eigenvalue weighted by Crippen LogP contribution is 2.24. The van der Waals surface area contributed by atoms with Gasteiger partial charge >= 0.3 is 0 Å². The summed E-state index contributed by atoms with van der Waals surface area (Å²) < 4.78 is 4.57. The molecule has 5 heavy (non-hydrogen) atoms. The van der Waals surface area contributed by atoms with E-state index in [0.29, 0.717) is 0 Å². The molecule has 1 fully saturated rings. The molecule has 2 nitrogen and oxygen atoms in total. The number of rotatable bonds is 0. The first-order chi connectivity index (χ1) is 2.50. The summed E-state index contributed by atoms with van der Waals surface area (Å²) in [6, 6.07) is 0. The fourth-order valence-corrected chi connectivity index (χ4v) is 1.08. The molecule has 4 heteroatoms. The van der Waals surface area contributed by atoms with E-state index in [1.165, 1.54) is 11.1 Å². The van der Waals surface area contributed by atoms with Crippen LogP contribution in [0.25, 0.3) is 0 Å². The number of hydrogen-bond donors (Lipinski definition) is 1. The van der Waals surface area contributed by atoms with Crippen LogP contribution in [0.5, 0.6) is 0 Å². The molecule has 0 aliphatic carbocycles.